The summed E-state index contributed by atoms with van der Waals surface area (Å²) in [5, 5.41) is 10.6. The summed E-state index contributed by atoms with van der Waals surface area (Å²) in [6.45, 7) is 0. The van der Waals surface area contributed by atoms with Gasteiger partial charge in [-0.25, -0.2) is 0 Å². The normalized spacial score (nSPS) is 15.6. The highest BCUT2D eigenvalue weighted by molar-refractivity contribution is 7.99. The number of para-hydroxylation sites is 1. The minimum atomic E-state index is -0.463. The molecule has 0 amide bonds. The first-order valence-corrected chi connectivity index (χ1v) is 10.8. The van der Waals surface area contributed by atoms with E-state index in [1.165, 1.54) is 4.57 Å². The Hall–Kier alpha value is -3.04. The molecule has 7 nitrogen and oxygen atoms in total. The number of aromatic hydroxyl groups is 1. The van der Waals surface area contributed by atoms with Gasteiger partial charge in [-0.05, 0) is 42.0 Å². The summed E-state index contributed by atoms with van der Waals surface area (Å²) in [5.41, 5.74) is 1.89. The van der Waals surface area contributed by atoms with Gasteiger partial charge in [0, 0.05) is 23.6 Å². The first-order valence-electron chi connectivity index (χ1n) is 9.50. The molecule has 0 radical (unpaired) electrons. The fourth-order valence-electron chi connectivity index (χ4n) is 3.48. The summed E-state index contributed by atoms with van der Waals surface area (Å²) >= 11 is 6.76. The molecule has 3 aromatic rings. The fraction of sp³-hybridized carbons (Fsp3) is 0.227. The summed E-state index contributed by atoms with van der Waals surface area (Å²) in [4.78, 5) is 21.1. The van der Waals surface area contributed by atoms with Crippen LogP contribution in [-0.2, 0) is 7.05 Å². The number of hydrogen-bond donors (Lipinski definition) is 2. The van der Waals surface area contributed by atoms with Gasteiger partial charge in [0.2, 0.25) is 5.88 Å². The quantitative estimate of drug-likeness (QED) is 0.562. The number of hydrogen-bond acceptors (Lipinski definition) is 7. The van der Waals surface area contributed by atoms with Crippen LogP contribution in [-0.4, -0.2) is 34.6 Å². The Morgan fingerprint density at radius 3 is 2.68 bits per heavy atom. The Labute approximate surface area is 188 Å². The second-order valence-corrected chi connectivity index (χ2v) is 8.60. The summed E-state index contributed by atoms with van der Waals surface area (Å²) in [7, 11) is 4.79. The Morgan fingerprint density at radius 1 is 1.19 bits per heavy atom. The minimum Gasteiger partial charge on any atom is -0.494 e. The molecule has 2 N–H and O–H groups in total. The van der Waals surface area contributed by atoms with Crippen molar-refractivity contribution >= 4 is 35.4 Å². The van der Waals surface area contributed by atoms with E-state index < -0.39 is 5.56 Å². The molecule has 1 aromatic heterocycles. The van der Waals surface area contributed by atoms with Crippen molar-refractivity contribution in [3.8, 4) is 17.4 Å². The first-order chi connectivity index (χ1) is 14.9. The summed E-state index contributed by atoms with van der Waals surface area (Å²) in [5.74, 6) is 1.06. The fourth-order valence-corrected chi connectivity index (χ4v) is 4.88. The summed E-state index contributed by atoms with van der Waals surface area (Å²) in [6.07, 6.45) is 0.419. The van der Waals surface area contributed by atoms with Gasteiger partial charge in [0.15, 0.2) is 16.3 Å². The number of rotatable bonds is 4. The number of aromatic nitrogens is 2. The van der Waals surface area contributed by atoms with Crippen molar-refractivity contribution in [2.75, 3.05) is 14.2 Å². The lowest BCUT2D eigenvalue weighted by Gasteiger charge is -2.18. The first kappa shape index (κ1) is 21.2. The number of thioether (sulfide) groups is 1. The Balaban J connectivity index is 1.88. The van der Waals surface area contributed by atoms with E-state index in [1.807, 2.05) is 42.5 Å². The van der Waals surface area contributed by atoms with Crippen LogP contribution in [0.25, 0.3) is 0 Å². The second-order valence-electron chi connectivity index (χ2n) is 6.97. The smallest absolute Gasteiger partial charge is 0.264 e. The minimum absolute atomic E-state index is 0.0745. The van der Waals surface area contributed by atoms with Crippen molar-refractivity contribution in [2.24, 2.45) is 12.0 Å². The Morgan fingerprint density at radius 2 is 1.94 bits per heavy atom. The third-order valence-electron chi connectivity index (χ3n) is 5.13. The molecule has 1 aliphatic rings. The lowest BCUT2D eigenvalue weighted by Crippen LogP contribution is -2.23. The van der Waals surface area contributed by atoms with Crippen molar-refractivity contribution in [3.63, 3.8) is 0 Å². The van der Waals surface area contributed by atoms with Crippen LogP contribution >= 0.6 is 24.0 Å². The summed E-state index contributed by atoms with van der Waals surface area (Å²) in [6, 6.07) is 13.5. The van der Waals surface area contributed by atoms with Crippen molar-refractivity contribution in [1.29, 1.82) is 0 Å². The highest BCUT2D eigenvalue weighted by Crippen LogP contribution is 2.47. The van der Waals surface area contributed by atoms with Crippen molar-refractivity contribution in [1.82, 2.24) is 9.55 Å². The Bertz CT molecular complexity index is 1300. The highest BCUT2D eigenvalue weighted by atomic mass is 32.2. The number of aromatic amines is 1. The van der Waals surface area contributed by atoms with E-state index in [4.69, 9.17) is 26.7 Å². The summed E-state index contributed by atoms with van der Waals surface area (Å²) < 4.78 is 12.3. The molecule has 160 valence electrons. The van der Waals surface area contributed by atoms with Gasteiger partial charge in [0.05, 0.1) is 25.6 Å². The molecule has 2 heterocycles. The van der Waals surface area contributed by atoms with Crippen LogP contribution in [0.15, 0.2) is 57.1 Å². The molecule has 0 fully saturated rings. The van der Waals surface area contributed by atoms with Gasteiger partial charge in [-0.2, -0.15) is 0 Å². The van der Waals surface area contributed by atoms with Crippen LogP contribution in [0.5, 0.6) is 17.4 Å². The molecule has 1 atom stereocenters. The van der Waals surface area contributed by atoms with Gasteiger partial charge >= 0.3 is 0 Å². The van der Waals surface area contributed by atoms with Gasteiger partial charge in [0.1, 0.15) is 5.56 Å². The average Bonchev–Trinajstić information content (AvgIpc) is 2.96. The SMILES string of the molecule is COc1ccc([C@H]2CC(c3c(O)n(C)c(=S)[nH]c3=O)=Nc3ccccc3S2)cc1OC. The standard InChI is InChI=1S/C22H21N3O4S2/c1-25-21(27)19(20(26)24-22(25)30)14-11-18(31-17-7-5-4-6-13(17)23-14)12-8-9-15(28-2)16(10-12)29-3/h4-10,18,27H,11H2,1-3H3,(H,24,26,30)/t18-/m1/s1. The topological polar surface area (TPSA) is 88.8 Å². The maximum absolute atomic E-state index is 12.7. The van der Waals surface area contributed by atoms with E-state index in [9.17, 15) is 9.90 Å². The zero-order chi connectivity index (χ0) is 22.1. The predicted molar refractivity (Wildman–Crippen MR) is 124 cm³/mol. The molecule has 4 rings (SSSR count). The van der Waals surface area contributed by atoms with Crippen molar-refractivity contribution in [2.45, 2.75) is 16.6 Å². The molecule has 31 heavy (non-hydrogen) atoms. The molecule has 0 saturated heterocycles. The monoisotopic (exact) mass is 455 g/mol. The molecule has 9 heteroatoms. The van der Waals surface area contributed by atoms with Crippen LogP contribution in [0.1, 0.15) is 22.8 Å². The van der Waals surface area contributed by atoms with Gasteiger partial charge < -0.3 is 14.6 Å². The Kier molecular flexibility index (Phi) is 5.88. The molecule has 2 aromatic carbocycles. The van der Waals surface area contributed by atoms with Crippen molar-refractivity contribution in [3.05, 3.63) is 68.7 Å². The number of methoxy groups -OCH3 is 2. The van der Waals surface area contributed by atoms with E-state index in [0.29, 0.717) is 23.6 Å². The highest BCUT2D eigenvalue weighted by Gasteiger charge is 2.27. The van der Waals surface area contributed by atoms with Gasteiger partial charge in [-0.3, -0.25) is 19.3 Å². The molecular weight excluding hydrogens is 434 g/mol. The van der Waals surface area contributed by atoms with E-state index in [-0.39, 0.29) is 21.5 Å². The van der Waals surface area contributed by atoms with E-state index in [2.05, 4.69) is 4.98 Å². The predicted octanol–water partition coefficient (Wildman–Crippen LogP) is 4.52. The van der Waals surface area contributed by atoms with Gasteiger partial charge in [0.25, 0.3) is 5.56 Å². The third-order valence-corrected chi connectivity index (χ3v) is 6.83. The molecule has 0 bridgehead atoms. The second kappa shape index (κ2) is 8.60. The van der Waals surface area contributed by atoms with Crippen LogP contribution in [0.4, 0.5) is 5.69 Å². The van der Waals surface area contributed by atoms with Crippen LogP contribution in [0.2, 0.25) is 0 Å². The number of fused-ring (bicyclic) bond motifs is 1. The third kappa shape index (κ3) is 3.98. The van der Waals surface area contributed by atoms with E-state index in [1.54, 1.807) is 33.0 Å². The van der Waals surface area contributed by atoms with E-state index >= 15 is 0 Å². The lowest BCUT2D eigenvalue weighted by atomic mass is 10.0. The van der Waals surface area contributed by atoms with Gasteiger partial charge in [-0.1, -0.05) is 18.2 Å². The molecule has 0 saturated carbocycles. The van der Waals surface area contributed by atoms with Gasteiger partial charge in [-0.15, -0.1) is 11.8 Å². The molecule has 0 unspecified atom stereocenters. The zero-order valence-corrected chi connectivity index (χ0v) is 18.8. The van der Waals surface area contributed by atoms with Crippen LogP contribution in [0, 0.1) is 4.77 Å². The number of ether oxygens (including phenoxy) is 2. The number of aliphatic imine (C=N–C) groups is 1. The molecular formula is C22H21N3O4S2. The zero-order valence-electron chi connectivity index (χ0n) is 17.2. The molecule has 0 spiro atoms. The largest absolute Gasteiger partial charge is 0.494 e. The molecule has 0 aliphatic carbocycles. The molecule has 1 aliphatic heterocycles. The van der Waals surface area contributed by atoms with E-state index in [0.717, 1.165) is 16.1 Å². The number of nitrogens with zero attached hydrogens (tertiary/aromatic N) is 2. The maximum atomic E-state index is 12.7. The lowest BCUT2D eigenvalue weighted by molar-refractivity contribution is 0.354. The van der Waals surface area contributed by atoms with Crippen molar-refractivity contribution < 1.29 is 14.6 Å². The van der Waals surface area contributed by atoms with Crippen LogP contribution in [0.3, 0.4) is 0 Å². The maximum Gasteiger partial charge on any atom is 0.264 e. The average molecular weight is 456 g/mol. The van der Waals surface area contributed by atoms with Crippen LogP contribution < -0.4 is 15.0 Å². The number of nitrogens with one attached hydrogen (secondary N) is 1. The number of H-pyrrole nitrogens is 1. The number of benzene rings is 2.